The molecule has 26 heavy (non-hydrogen) atoms. The van der Waals surface area contributed by atoms with Crippen LogP contribution in [0.5, 0.6) is 0 Å². The van der Waals surface area contributed by atoms with Crippen LogP contribution in [-0.4, -0.2) is 50.2 Å². The van der Waals surface area contributed by atoms with Crippen LogP contribution in [0.1, 0.15) is 19.3 Å². The molecule has 1 amide bonds. The molecule has 0 aliphatic carbocycles. The lowest BCUT2D eigenvalue weighted by Gasteiger charge is -2.25. The Kier molecular flexibility index (Phi) is 4.62. The number of pyridine rings is 2. The van der Waals surface area contributed by atoms with E-state index in [1.54, 1.807) is 23.3 Å². The van der Waals surface area contributed by atoms with Gasteiger partial charge in [-0.1, -0.05) is 6.42 Å². The van der Waals surface area contributed by atoms with Gasteiger partial charge in [0.15, 0.2) is 0 Å². The van der Waals surface area contributed by atoms with Crippen LogP contribution in [0.4, 0.5) is 5.82 Å². The number of carbonyl (C=O) groups is 1. The molecule has 0 aromatic carbocycles. The number of rotatable bonds is 4. The third-order valence-corrected chi connectivity index (χ3v) is 4.69. The van der Waals surface area contributed by atoms with Gasteiger partial charge in [-0.05, 0) is 43.5 Å². The maximum Gasteiger partial charge on any atom is 0.239 e. The van der Waals surface area contributed by atoms with Crippen LogP contribution >= 0.6 is 0 Å². The number of aryl methyl sites for hydroxylation is 1. The van der Waals surface area contributed by atoms with Gasteiger partial charge in [0, 0.05) is 36.6 Å². The molecule has 0 bridgehead atoms. The SMILES string of the molecule is Cn1cc(-c2cc3cc(NC(=O)CN4CCCCC4)ncc3cn2)cn1. The predicted molar refractivity (Wildman–Crippen MR) is 101 cm³/mol. The Morgan fingerprint density at radius 2 is 1.88 bits per heavy atom. The molecule has 4 rings (SSSR count). The quantitative estimate of drug-likeness (QED) is 0.782. The molecule has 4 heterocycles. The van der Waals surface area contributed by atoms with Crippen molar-refractivity contribution in [1.29, 1.82) is 0 Å². The number of aromatic nitrogens is 4. The summed E-state index contributed by atoms with van der Waals surface area (Å²) in [6, 6.07) is 3.89. The van der Waals surface area contributed by atoms with E-state index < -0.39 is 0 Å². The second kappa shape index (κ2) is 7.21. The van der Waals surface area contributed by atoms with Crippen molar-refractivity contribution in [3.63, 3.8) is 0 Å². The zero-order chi connectivity index (χ0) is 17.9. The summed E-state index contributed by atoms with van der Waals surface area (Å²) in [6.07, 6.45) is 10.9. The lowest BCUT2D eigenvalue weighted by atomic mass is 10.1. The molecule has 0 saturated carbocycles. The number of piperidine rings is 1. The molecule has 1 aliphatic heterocycles. The summed E-state index contributed by atoms with van der Waals surface area (Å²) in [7, 11) is 1.88. The Morgan fingerprint density at radius 3 is 2.65 bits per heavy atom. The molecule has 0 radical (unpaired) electrons. The number of anilines is 1. The number of carbonyl (C=O) groups excluding carboxylic acids is 1. The summed E-state index contributed by atoms with van der Waals surface area (Å²) >= 11 is 0. The van der Waals surface area contributed by atoms with Gasteiger partial charge >= 0.3 is 0 Å². The first-order valence-electron chi connectivity index (χ1n) is 8.94. The number of nitrogens with one attached hydrogen (secondary N) is 1. The Hall–Kier alpha value is -2.80. The second-order valence-corrected chi connectivity index (χ2v) is 6.77. The highest BCUT2D eigenvalue weighted by atomic mass is 16.2. The summed E-state index contributed by atoms with van der Waals surface area (Å²) < 4.78 is 1.75. The van der Waals surface area contributed by atoms with E-state index >= 15 is 0 Å². The van der Waals surface area contributed by atoms with Crippen LogP contribution in [0.2, 0.25) is 0 Å². The van der Waals surface area contributed by atoms with Crippen LogP contribution in [0.3, 0.4) is 0 Å². The maximum absolute atomic E-state index is 12.3. The van der Waals surface area contributed by atoms with Gasteiger partial charge in [0.1, 0.15) is 5.82 Å². The molecular weight excluding hydrogens is 328 g/mol. The van der Waals surface area contributed by atoms with Gasteiger partial charge in [-0.2, -0.15) is 5.10 Å². The molecule has 1 N–H and O–H groups in total. The van der Waals surface area contributed by atoms with Crippen LogP contribution in [0.25, 0.3) is 22.0 Å². The van der Waals surface area contributed by atoms with Gasteiger partial charge in [-0.3, -0.25) is 19.4 Å². The van der Waals surface area contributed by atoms with E-state index in [4.69, 9.17) is 0 Å². The van der Waals surface area contributed by atoms with Crippen molar-refractivity contribution in [3.8, 4) is 11.3 Å². The zero-order valence-corrected chi connectivity index (χ0v) is 14.9. The molecule has 0 unspecified atom stereocenters. The molecule has 3 aromatic heterocycles. The van der Waals surface area contributed by atoms with Crippen LogP contribution < -0.4 is 5.32 Å². The zero-order valence-electron chi connectivity index (χ0n) is 14.9. The molecule has 3 aromatic rings. The van der Waals surface area contributed by atoms with Crippen molar-refractivity contribution >= 4 is 22.5 Å². The Balaban J connectivity index is 1.51. The van der Waals surface area contributed by atoms with Crippen molar-refractivity contribution in [3.05, 3.63) is 36.9 Å². The smallest absolute Gasteiger partial charge is 0.239 e. The Morgan fingerprint density at radius 1 is 1.08 bits per heavy atom. The van der Waals surface area contributed by atoms with Crippen LogP contribution in [0, 0.1) is 0 Å². The van der Waals surface area contributed by atoms with E-state index in [1.807, 2.05) is 25.4 Å². The number of fused-ring (bicyclic) bond motifs is 1. The summed E-state index contributed by atoms with van der Waals surface area (Å²) in [5, 5.41) is 9.03. The normalized spacial score (nSPS) is 15.3. The molecule has 0 spiro atoms. The van der Waals surface area contributed by atoms with Crippen molar-refractivity contribution in [1.82, 2.24) is 24.6 Å². The van der Waals surface area contributed by atoms with E-state index in [0.717, 1.165) is 35.1 Å². The Labute approximate surface area is 152 Å². The molecule has 1 saturated heterocycles. The fraction of sp³-hybridized carbons (Fsp3) is 0.368. The highest BCUT2D eigenvalue weighted by Gasteiger charge is 2.14. The van der Waals surface area contributed by atoms with Gasteiger partial charge < -0.3 is 5.32 Å². The molecule has 1 aliphatic rings. The maximum atomic E-state index is 12.3. The van der Waals surface area contributed by atoms with Crippen molar-refractivity contribution in [2.24, 2.45) is 7.05 Å². The number of likely N-dealkylation sites (tertiary alicyclic amines) is 1. The third kappa shape index (κ3) is 3.72. The van der Waals surface area contributed by atoms with E-state index in [0.29, 0.717) is 12.4 Å². The van der Waals surface area contributed by atoms with Gasteiger partial charge in [-0.15, -0.1) is 0 Å². The molecule has 1 fully saturated rings. The lowest BCUT2D eigenvalue weighted by Crippen LogP contribution is -2.36. The van der Waals surface area contributed by atoms with Gasteiger partial charge in [0.2, 0.25) is 5.91 Å². The third-order valence-electron chi connectivity index (χ3n) is 4.69. The van der Waals surface area contributed by atoms with E-state index in [-0.39, 0.29) is 5.91 Å². The number of hydrogen-bond donors (Lipinski definition) is 1. The van der Waals surface area contributed by atoms with Crippen LogP contribution in [0.15, 0.2) is 36.9 Å². The topological polar surface area (TPSA) is 75.9 Å². The second-order valence-electron chi connectivity index (χ2n) is 6.77. The summed E-state index contributed by atoms with van der Waals surface area (Å²) in [4.78, 5) is 23.3. The number of nitrogens with zero attached hydrogens (tertiary/aromatic N) is 5. The van der Waals surface area contributed by atoms with Crippen molar-refractivity contribution in [2.75, 3.05) is 25.0 Å². The largest absolute Gasteiger partial charge is 0.310 e. The standard InChI is InChI=1S/C19H22N6O/c1-24-12-16(11-22-24)17-7-14-8-18(21-10-15(14)9-20-17)23-19(26)13-25-5-3-2-4-6-25/h7-12H,2-6,13H2,1H3,(H,21,23,26). The molecular formula is C19H22N6O. The molecule has 7 heteroatoms. The van der Waals surface area contributed by atoms with Gasteiger partial charge in [-0.25, -0.2) is 4.98 Å². The first-order valence-corrected chi connectivity index (χ1v) is 8.94. The van der Waals surface area contributed by atoms with Crippen molar-refractivity contribution in [2.45, 2.75) is 19.3 Å². The highest BCUT2D eigenvalue weighted by molar-refractivity contribution is 5.94. The first kappa shape index (κ1) is 16.7. The fourth-order valence-electron chi connectivity index (χ4n) is 3.32. The molecule has 7 nitrogen and oxygen atoms in total. The monoisotopic (exact) mass is 350 g/mol. The fourth-order valence-corrected chi connectivity index (χ4v) is 3.32. The number of hydrogen-bond acceptors (Lipinski definition) is 5. The van der Waals surface area contributed by atoms with E-state index in [2.05, 4.69) is 25.3 Å². The van der Waals surface area contributed by atoms with E-state index in [1.165, 1.54) is 19.3 Å². The Bertz CT molecular complexity index is 929. The average molecular weight is 350 g/mol. The van der Waals surface area contributed by atoms with Gasteiger partial charge in [0.25, 0.3) is 0 Å². The van der Waals surface area contributed by atoms with Gasteiger partial charge in [0.05, 0.1) is 18.4 Å². The highest BCUT2D eigenvalue weighted by Crippen LogP contribution is 2.22. The first-order chi connectivity index (χ1) is 12.7. The molecule has 134 valence electrons. The number of amides is 1. The van der Waals surface area contributed by atoms with Crippen LogP contribution in [-0.2, 0) is 11.8 Å². The minimum atomic E-state index is -0.0136. The molecule has 0 atom stereocenters. The summed E-state index contributed by atoms with van der Waals surface area (Å²) in [5.74, 6) is 0.558. The average Bonchev–Trinajstić information content (AvgIpc) is 3.08. The minimum Gasteiger partial charge on any atom is -0.310 e. The summed E-state index contributed by atoms with van der Waals surface area (Å²) in [5.41, 5.74) is 1.81. The van der Waals surface area contributed by atoms with E-state index in [9.17, 15) is 4.79 Å². The summed E-state index contributed by atoms with van der Waals surface area (Å²) in [6.45, 7) is 2.43. The predicted octanol–water partition coefficient (Wildman–Crippen LogP) is 2.45. The van der Waals surface area contributed by atoms with Crippen molar-refractivity contribution < 1.29 is 4.79 Å². The minimum absolute atomic E-state index is 0.0136. The lowest BCUT2D eigenvalue weighted by molar-refractivity contribution is -0.117.